The van der Waals surface area contributed by atoms with Gasteiger partial charge in [0.25, 0.3) is 0 Å². The fraction of sp³-hybridized carbons (Fsp3) is 1.00. The minimum atomic E-state index is 0.0487. The van der Waals surface area contributed by atoms with E-state index in [1.54, 1.807) is 0 Å². The molecule has 0 radical (unpaired) electrons. The lowest BCUT2D eigenvalue weighted by molar-refractivity contribution is -0.0543. The summed E-state index contributed by atoms with van der Waals surface area (Å²) >= 11 is 0. The molecule has 2 saturated carbocycles. The van der Waals surface area contributed by atoms with Crippen molar-refractivity contribution in [3.8, 4) is 0 Å². The first-order valence-electron chi connectivity index (χ1n) is 7.81. The predicted molar refractivity (Wildman–Crippen MR) is 71.3 cm³/mol. The molecule has 3 heteroatoms. The van der Waals surface area contributed by atoms with Crippen molar-refractivity contribution in [2.75, 3.05) is 19.8 Å². The lowest BCUT2D eigenvalue weighted by Crippen LogP contribution is -2.35. The zero-order valence-electron chi connectivity index (χ0n) is 11.6. The first-order chi connectivity index (χ1) is 8.85. The first-order valence-corrected chi connectivity index (χ1v) is 7.81. The van der Waals surface area contributed by atoms with E-state index >= 15 is 0 Å². The summed E-state index contributed by atoms with van der Waals surface area (Å²) in [5.41, 5.74) is 0. The van der Waals surface area contributed by atoms with E-state index in [1.807, 2.05) is 0 Å². The summed E-state index contributed by atoms with van der Waals surface area (Å²) in [7, 11) is 0. The van der Waals surface area contributed by atoms with E-state index in [9.17, 15) is 0 Å². The molecule has 2 bridgehead atoms. The predicted octanol–water partition coefficient (Wildman–Crippen LogP) is 2.55. The molecule has 3 nitrogen and oxygen atoms in total. The van der Waals surface area contributed by atoms with E-state index in [1.165, 1.54) is 32.1 Å². The fourth-order valence-corrected chi connectivity index (χ4v) is 4.36. The van der Waals surface area contributed by atoms with Gasteiger partial charge in [0.15, 0.2) is 6.29 Å². The van der Waals surface area contributed by atoms with Gasteiger partial charge in [0.05, 0.1) is 13.2 Å². The molecular weight excluding hydrogens is 226 g/mol. The first kappa shape index (κ1) is 12.9. The van der Waals surface area contributed by atoms with Crippen LogP contribution in [0.5, 0.6) is 0 Å². The summed E-state index contributed by atoms with van der Waals surface area (Å²) in [6.45, 7) is 4.80. The normalized spacial score (nSPS) is 37.5. The second-order valence-corrected chi connectivity index (χ2v) is 6.33. The molecule has 0 aromatic heterocycles. The van der Waals surface area contributed by atoms with Crippen molar-refractivity contribution < 1.29 is 9.47 Å². The van der Waals surface area contributed by atoms with Crippen LogP contribution in [0.1, 0.15) is 45.4 Å². The van der Waals surface area contributed by atoms with Crippen LogP contribution in [0, 0.1) is 17.8 Å². The average molecular weight is 253 g/mol. The SMILES string of the molecule is CCNC(CC1OCCO1)CC1CC2CCC1C2. The molecule has 18 heavy (non-hydrogen) atoms. The van der Waals surface area contributed by atoms with Crippen LogP contribution in [0.2, 0.25) is 0 Å². The Morgan fingerprint density at radius 2 is 1.94 bits per heavy atom. The molecule has 104 valence electrons. The maximum atomic E-state index is 5.59. The smallest absolute Gasteiger partial charge is 0.159 e. The van der Waals surface area contributed by atoms with Gasteiger partial charge < -0.3 is 14.8 Å². The van der Waals surface area contributed by atoms with Crippen molar-refractivity contribution >= 4 is 0 Å². The fourth-order valence-electron chi connectivity index (χ4n) is 4.36. The Kier molecular flexibility index (Phi) is 4.22. The quantitative estimate of drug-likeness (QED) is 0.789. The zero-order chi connectivity index (χ0) is 12.4. The number of ether oxygens (including phenoxy) is 2. The van der Waals surface area contributed by atoms with Crippen molar-refractivity contribution in [2.45, 2.75) is 57.8 Å². The standard InChI is InChI=1S/C15H27NO2/c1-2-16-14(10-15-17-5-6-18-15)9-13-8-11-3-4-12(13)7-11/h11-16H,2-10H2,1H3. The third-order valence-electron chi connectivity index (χ3n) is 5.13. The highest BCUT2D eigenvalue weighted by molar-refractivity contribution is 4.91. The molecule has 4 unspecified atom stereocenters. The summed E-state index contributed by atoms with van der Waals surface area (Å²) in [4.78, 5) is 0. The van der Waals surface area contributed by atoms with Gasteiger partial charge in [0, 0.05) is 12.5 Å². The number of rotatable bonds is 6. The lowest BCUT2D eigenvalue weighted by Gasteiger charge is -2.28. The molecule has 1 N–H and O–H groups in total. The molecule has 3 fully saturated rings. The van der Waals surface area contributed by atoms with Gasteiger partial charge >= 0.3 is 0 Å². The van der Waals surface area contributed by atoms with Gasteiger partial charge in [-0.05, 0) is 50.0 Å². The van der Waals surface area contributed by atoms with Crippen molar-refractivity contribution in [3.05, 3.63) is 0 Å². The molecule has 3 aliphatic rings. The molecule has 1 saturated heterocycles. The highest BCUT2D eigenvalue weighted by Crippen LogP contribution is 2.50. The molecule has 3 rings (SSSR count). The van der Waals surface area contributed by atoms with E-state index in [0.29, 0.717) is 6.04 Å². The number of fused-ring (bicyclic) bond motifs is 2. The van der Waals surface area contributed by atoms with Crippen molar-refractivity contribution in [1.82, 2.24) is 5.32 Å². The van der Waals surface area contributed by atoms with Crippen LogP contribution < -0.4 is 5.32 Å². The third-order valence-corrected chi connectivity index (χ3v) is 5.13. The number of nitrogens with one attached hydrogen (secondary N) is 1. The number of hydrogen-bond acceptors (Lipinski definition) is 3. The monoisotopic (exact) mass is 253 g/mol. The summed E-state index contributed by atoms with van der Waals surface area (Å²) < 4.78 is 11.2. The average Bonchev–Trinajstić information content (AvgIpc) is 3.05. The van der Waals surface area contributed by atoms with Crippen LogP contribution in [-0.2, 0) is 9.47 Å². The van der Waals surface area contributed by atoms with E-state index in [-0.39, 0.29) is 6.29 Å². The molecule has 1 aliphatic heterocycles. The van der Waals surface area contributed by atoms with Gasteiger partial charge in [0.1, 0.15) is 0 Å². The van der Waals surface area contributed by atoms with Crippen LogP contribution in [0.25, 0.3) is 0 Å². The molecule has 0 aromatic rings. The molecule has 1 heterocycles. The summed E-state index contributed by atoms with van der Waals surface area (Å²) in [6.07, 6.45) is 8.40. The molecule has 0 amide bonds. The Bertz CT molecular complexity index is 265. The van der Waals surface area contributed by atoms with E-state index in [4.69, 9.17) is 9.47 Å². The third kappa shape index (κ3) is 2.89. The second kappa shape index (κ2) is 5.89. The highest BCUT2D eigenvalue weighted by Gasteiger charge is 2.40. The van der Waals surface area contributed by atoms with Crippen molar-refractivity contribution in [1.29, 1.82) is 0 Å². The van der Waals surface area contributed by atoms with Gasteiger partial charge in [-0.1, -0.05) is 13.3 Å². The van der Waals surface area contributed by atoms with E-state index in [2.05, 4.69) is 12.2 Å². The Morgan fingerprint density at radius 3 is 2.56 bits per heavy atom. The minimum absolute atomic E-state index is 0.0487. The van der Waals surface area contributed by atoms with Crippen LogP contribution in [0.3, 0.4) is 0 Å². The molecule has 0 aromatic carbocycles. The summed E-state index contributed by atoms with van der Waals surface area (Å²) in [5.74, 6) is 3.05. The van der Waals surface area contributed by atoms with Gasteiger partial charge in [-0.25, -0.2) is 0 Å². The van der Waals surface area contributed by atoms with Crippen LogP contribution >= 0.6 is 0 Å². The van der Waals surface area contributed by atoms with E-state index < -0.39 is 0 Å². The summed E-state index contributed by atoms with van der Waals surface area (Å²) in [5, 5.41) is 3.64. The lowest BCUT2D eigenvalue weighted by atomic mass is 9.83. The van der Waals surface area contributed by atoms with Gasteiger partial charge in [0.2, 0.25) is 0 Å². The Balaban J connectivity index is 1.49. The zero-order valence-corrected chi connectivity index (χ0v) is 11.6. The second-order valence-electron chi connectivity index (χ2n) is 6.33. The maximum Gasteiger partial charge on any atom is 0.159 e. The van der Waals surface area contributed by atoms with Crippen molar-refractivity contribution in [3.63, 3.8) is 0 Å². The van der Waals surface area contributed by atoms with Gasteiger partial charge in [-0.3, -0.25) is 0 Å². The van der Waals surface area contributed by atoms with Crippen LogP contribution in [-0.4, -0.2) is 32.1 Å². The maximum absolute atomic E-state index is 5.59. The molecule has 2 aliphatic carbocycles. The number of hydrogen-bond donors (Lipinski definition) is 1. The van der Waals surface area contributed by atoms with Gasteiger partial charge in [-0.2, -0.15) is 0 Å². The highest BCUT2D eigenvalue weighted by atomic mass is 16.7. The van der Waals surface area contributed by atoms with Crippen LogP contribution in [0.4, 0.5) is 0 Å². The molecule has 4 atom stereocenters. The molecule has 0 spiro atoms. The molecular formula is C15H27NO2. The largest absolute Gasteiger partial charge is 0.350 e. The van der Waals surface area contributed by atoms with E-state index in [0.717, 1.165) is 43.9 Å². The van der Waals surface area contributed by atoms with Crippen LogP contribution in [0.15, 0.2) is 0 Å². The Labute approximate surface area is 111 Å². The minimum Gasteiger partial charge on any atom is -0.350 e. The topological polar surface area (TPSA) is 30.5 Å². The van der Waals surface area contributed by atoms with Gasteiger partial charge in [-0.15, -0.1) is 0 Å². The Morgan fingerprint density at radius 1 is 1.11 bits per heavy atom. The Hall–Kier alpha value is -0.120. The van der Waals surface area contributed by atoms with Crippen molar-refractivity contribution in [2.24, 2.45) is 17.8 Å². The summed E-state index contributed by atoms with van der Waals surface area (Å²) in [6, 6.07) is 0.586.